The van der Waals surface area contributed by atoms with E-state index in [2.05, 4.69) is 29.5 Å². The molecule has 0 saturated heterocycles. The highest BCUT2D eigenvalue weighted by Crippen LogP contribution is 2.21. The van der Waals surface area contributed by atoms with Crippen LogP contribution in [0.25, 0.3) is 0 Å². The number of benzene rings is 1. The highest BCUT2D eigenvalue weighted by Gasteiger charge is 2.13. The summed E-state index contributed by atoms with van der Waals surface area (Å²) in [6, 6.07) is 9.38. The Morgan fingerprint density at radius 3 is 2.53 bits per heavy atom. The molecule has 1 atom stereocenters. The zero-order valence-electron chi connectivity index (χ0n) is 10.9. The van der Waals surface area contributed by atoms with Gasteiger partial charge in [0, 0.05) is 6.20 Å². The second-order valence-electron chi connectivity index (χ2n) is 4.53. The van der Waals surface area contributed by atoms with Gasteiger partial charge >= 0.3 is 0 Å². The monoisotopic (exact) mass is 259 g/mol. The summed E-state index contributed by atoms with van der Waals surface area (Å²) in [6.45, 7) is 2.15. The average molecular weight is 259 g/mol. The molecular formula is C15H18FN3. The van der Waals surface area contributed by atoms with E-state index >= 15 is 0 Å². The minimum absolute atomic E-state index is 0.251. The molecule has 0 aliphatic heterocycles. The summed E-state index contributed by atoms with van der Waals surface area (Å²) in [5.74, 6) is 5.22. The Hall–Kier alpha value is -1.78. The van der Waals surface area contributed by atoms with Crippen LogP contribution in [0.4, 0.5) is 4.39 Å². The van der Waals surface area contributed by atoms with Crippen molar-refractivity contribution in [1.82, 2.24) is 10.4 Å². The Bertz CT molecular complexity index is 525. The fraction of sp³-hybridized carbons (Fsp3) is 0.267. The number of aryl methyl sites for hydroxylation is 1. The van der Waals surface area contributed by atoms with Crippen LogP contribution in [0.15, 0.2) is 42.7 Å². The third-order valence-corrected chi connectivity index (χ3v) is 3.08. The van der Waals surface area contributed by atoms with Gasteiger partial charge in [0.25, 0.3) is 0 Å². The number of nitrogens with one attached hydrogen (secondary N) is 1. The number of nitrogens with zero attached hydrogens (tertiary/aromatic N) is 1. The number of halogens is 1. The molecule has 0 amide bonds. The van der Waals surface area contributed by atoms with Crippen molar-refractivity contribution in [3.05, 3.63) is 65.2 Å². The predicted molar refractivity (Wildman–Crippen MR) is 73.8 cm³/mol. The molecule has 2 rings (SSSR count). The Labute approximate surface area is 112 Å². The first-order valence-corrected chi connectivity index (χ1v) is 6.40. The normalized spacial score (nSPS) is 12.4. The van der Waals surface area contributed by atoms with Crippen LogP contribution < -0.4 is 11.3 Å². The molecule has 3 N–H and O–H groups in total. The molecular weight excluding hydrogens is 241 g/mol. The van der Waals surface area contributed by atoms with Gasteiger partial charge in [0.1, 0.15) is 5.82 Å². The summed E-state index contributed by atoms with van der Waals surface area (Å²) >= 11 is 0. The smallest absolute Gasteiger partial charge is 0.141 e. The molecule has 0 bridgehead atoms. The molecule has 2 aromatic rings. The van der Waals surface area contributed by atoms with E-state index < -0.39 is 0 Å². The third kappa shape index (κ3) is 3.36. The van der Waals surface area contributed by atoms with Gasteiger partial charge in [0.15, 0.2) is 0 Å². The lowest BCUT2D eigenvalue weighted by molar-refractivity contribution is 0.597. The number of nitrogens with two attached hydrogens (primary N) is 1. The van der Waals surface area contributed by atoms with Gasteiger partial charge in [-0.2, -0.15) is 0 Å². The maximum Gasteiger partial charge on any atom is 0.141 e. The minimum atomic E-state index is -0.361. The van der Waals surface area contributed by atoms with Gasteiger partial charge < -0.3 is 0 Å². The molecule has 0 spiro atoms. The van der Waals surface area contributed by atoms with Crippen LogP contribution in [0.3, 0.4) is 0 Å². The Morgan fingerprint density at radius 2 is 1.95 bits per heavy atom. The summed E-state index contributed by atoms with van der Waals surface area (Å²) in [5, 5.41) is 0. The van der Waals surface area contributed by atoms with Crippen molar-refractivity contribution in [3.8, 4) is 0 Å². The van der Waals surface area contributed by atoms with E-state index in [1.807, 2.05) is 12.1 Å². The van der Waals surface area contributed by atoms with E-state index in [-0.39, 0.29) is 11.9 Å². The first kappa shape index (κ1) is 13.6. The van der Waals surface area contributed by atoms with E-state index in [1.165, 1.54) is 17.8 Å². The molecule has 19 heavy (non-hydrogen) atoms. The molecule has 3 nitrogen and oxygen atoms in total. The standard InChI is InChI=1S/C15H18FN3/c1-2-3-11-4-6-12(7-5-11)15(19-17)13-8-14(16)10-18-9-13/h4-10,15,19H,2-3,17H2,1H3. The molecule has 0 aliphatic rings. The third-order valence-electron chi connectivity index (χ3n) is 3.08. The zero-order valence-corrected chi connectivity index (χ0v) is 10.9. The highest BCUT2D eigenvalue weighted by atomic mass is 19.1. The van der Waals surface area contributed by atoms with Gasteiger partial charge in [-0.1, -0.05) is 37.6 Å². The van der Waals surface area contributed by atoms with Crippen molar-refractivity contribution in [3.63, 3.8) is 0 Å². The lowest BCUT2D eigenvalue weighted by Crippen LogP contribution is -2.29. The predicted octanol–water partition coefficient (Wildman–Crippen LogP) is 2.73. The molecule has 1 heterocycles. The van der Waals surface area contributed by atoms with Crippen LogP contribution >= 0.6 is 0 Å². The fourth-order valence-electron chi connectivity index (χ4n) is 2.14. The summed E-state index contributed by atoms with van der Waals surface area (Å²) in [5.41, 5.74) is 5.71. The van der Waals surface area contributed by atoms with Gasteiger partial charge in [-0.3, -0.25) is 10.8 Å². The van der Waals surface area contributed by atoms with Gasteiger partial charge in [0.2, 0.25) is 0 Å². The lowest BCUT2D eigenvalue weighted by atomic mass is 9.98. The number of hydrogen-bond donors (Lipinski definition) is 2. The fourth-order valence-corrected chi connectivity index (χ4v) is 2.14. The maximum absolute atomic E-state index is 13.2. The van der Waals surface area contributed by atoms with Crippen molar-refractivity contribution in [2.75, 3.05) is 0 Å². The molecule has 0 aliphatic carbocycles. The van der Waals surface area contributed by atoms with Gasteiger partial charge in [-0.25, -0.2) is 9.82 Å². The molecule has 0 radical (unpaired) electrons. The Balaban J connectivity index is 2.26. The second-order valence-corrected chi connectivity index (χ2v) is 4.53. The van der Waals surface area contributed by atoms with E-state index in [0.717, 1.165) is 18.4 Å². The molecule has 1 aromatic carbocycles. The van der Waals surface area contributed by atoms with Crippen molar-refractivity contribution in [2.24, 2.45) is 5.84 Å². The highest BCUT2D eigenvalue weighted by molar-refractivity contribution is 5.32. The van der Waals surface area contributed by atoms with Crippen molar-refractivity contribution in [1.29, 1.82) is 0 Å². The Morgan fingerprint density at radius 1 is 1.21 bits per heavy atom. The first-order valence-electron chi connectivity index (χ1n) is 6.40. The van der Waals surface area contributed by atoms with Crippen molar-refractivity contribution < 1.29 is 4.39 Å². The van der Waals surface area contributed by atoms with Crippen LogP contribution in [0.2, 0.25) is 0 Å². The number of pyridine rings is 1. The maximum atomic E-state index is 13.2. The minimum Gasteiger partial charge on any atom is -0.271 e. The van der Waals surface area contributed by atoms with Crippen molar-refractivity contribution >= 4 is 0 Å². The van der Waals surface area contributed by atoms with E-state index in [1.54, 1.807) is 6.20 Å². The number of rotatable bonds is 5. The second kappa shape index (κ2) is 6.41. The zero-order chi connectivity index (χ0) is 13.7. The van der Waals surface area contributed by atoms with E-state index in [9.17, 15) is 4.39 Å². The van der Waals surface area contributed by atoms with Crippen LogP contribution in [0.1, 0.15) is 36.1 Å². The molecule has 1 aromatic heterocycles. The summed E-state index contributed by atoms with van der Waals surface area (Å²) in [4.78, 5) is 3.86. The van der Waals surface area contributed by atoms with Crippen LogP contribution in [0.5, 0.6) is 0 Å². The first-order chi connectivity index (χ1) is 9.24. The Kier molecular flexibility index (Phi) is 4.60. The van der Waals surface area contributed by atoms with Gasteiger partial charge in [0.05, 0.1) is 12.2 Å². The molecule has 4 heteroatoms. The molecule has 0 saturated carbocycles. The lowest BCUT2D eigenvalue weighted by Gasteiger charge is -2.17. The summed E-state index contributed by atoms with van der Waals surface area (Å²) in [6.07, 6.45) is 4.98. The molecule has 1 unspecified atom stereocenters. The van der Waals surface area contributed by atoms with Gasteiger partial charge in [-0.15, -0.1) is 0 Å². The van der Waals surface area contributed by atoms with Crippen LogP contribution in [0, 0.1) is 5.82 Å². The van der Waals surface area contributed by atoms with Gasteiger partial charge in [-0.05, 0) is 29.2 Å². The number of aromatic nitrogens is 1. The number of hydrazine groups is 1. The van der Waals surface area contributed by atoms with Crippen LogP contribution in [-0.2, 0) is 6.42 Å². The summed E-state index contributed by atoms with van der Waals surface area (Å²) < 4.78 is 13.2. The summed E-state index contributed by atoms with van der Waals surface area (Å²) in [7, 11) is 0. The van der Waals surface area contributed by atoms with E-state index in [4.69, 9.17) is 5.84 Å². The topological polar surface area (TPSA) is 50.9 Å². The van der Waals surface area contributed by atoms with Crippen LogP contribution in [-0.4, -0.2) is 4.98 Å². The largest absolute Gasteiger partial charge is 0.271 e. The number of hydrogen-bond acceptors (Lipinski definition) is 3. The molecule has 0 fully saturated rings. The average Bonchev–Trinajstić information content (AvgIpc) is 2.42. The van der Waals surface area contributed by atoms with E-state index in [0.29, 0.717) is 5.56 Å². The quantitative estimate of drug-likeness (QED) is 0.641. The molecule has 100 valence electrons. The van der Waals surface area contributed by atoms with Crippen molar-refractivity contribution in [2.45, 2.75) is 25.8 Å². The SMILES string of the molecule is CCCc1ccc(C(NN)c2cncc(F)c2)cc1.